The number of methoxy groups -OCH3 is 1. The Morgan fingerprint density at radius 2 is 1.77 bits per heavy atom. The Hall–Kier alpha value is -2.79. The van der Waals surface area contributed by atoms with Crippen LogP contribution in [0.4, 0.5) is 11.6 Å². The molecule has 0 bridgehead atoms. The minimum Gasteiger partial charge on any atom is -0.467 e. The van der Waals surface area contributed by atoms with Crippen LogP contribution in [0.2, 0.25) is 0 Å². The maximum atomic E-state index is 13.0. The minimum absolute atomic E-state index is 0.0704. The molecule has 0 aliphatic carbocycles. The first-order valence-corrected chi connectivity index (χ1v) is 11.9. The summed E-state index contributed by atoms with van der Waals surface area (Å²) in [5.41, 5.74) is 2.71. The molecule has 1 fully saturated rings. The Kier molecular flexibility index (Phi) is 5.01. The van der Waals surface area contributed by atoms with Gasteiger partial charge in [-0.15, -0.1) is 0 Å². The van der Waals surface area contributed by atoms with Gasteiger partial charge in [0.05, 0.1) is 24.2 Å². The summed E-state index contributed by atoms with van der Waals surface area (Å²) >= 11 is 0. The summed E-state index contributed by atoms with van der Waals surface area (Å²) in [5, 5.41) is 0. The fraction of sp³-hybridized carbons (Fsp3) is 0.500. The standard InChI is InChI=1S/C20H24N6O4S/c1-30-20-23-16(22-19(24-20)25-7-2-3-8-25)12-21-31(28,29)15-10-13-4-5-17(27)26-9-6-14(11-15)18(13)26/h10-11,21H,2-9,12H2,1H3. The first-order valence-electron chi connectivity index (χ1n) is 10.4. The van der Waals surface area contributed by atoms with Crippen LogP contribution in [0.25, 0.3) is 0 Å². The van der Waals surface area contributed by atoms with E-state index in [1.165, 1.54) is 7.11 Å². The second kappa shape index (κ2) is 7.72. The van der Waals surface area contributed by atoms with Gasteiger partial charge in [-0.1, -0.05) is 0 Å². The van der Waals surface area contributed by atoms with Gasteiger partial charge >= 0.3 is 6.01 Å². The van der Waals surface area contributed by atoms with Gasteiger partial charge in [0.2, 0.25) is 21.9 Å². The maximum absolute atomic E-state index is 13.0. The number of carbonyl (C=O) groups excluding carboxylic acids is 1. The largest absolute Gasteiger partial charge is 0.467 e. The molecule has 5 rings (SSSR count). The number of hydrogen-bond acceptors (Lipinski definition) is 8. The van der Waals surface area contributed by atoms with Crippen LogP contribution in [-0.2, 0) is 34.2 Å². The number of benzene rings is 1. The molecule has 0 saturated carbocycles. The molecule has 1 amide bonds. The topological polar surface area (TPSA) is 118 Å². The predicted molar refractivity (Wildman–Crippen MR) is 113 cm³/mol. The van der Waals surface area contributed by atoms with E-state index in [0.29, 0.717) is 37.6 Å². The highest BCUT2D eigenvalue weighted by atomic mass is 32.2. The van der Waals surface area contributed by atoms with Gasteiger partial charge in [-0.05, 0) is 48.9 Å². The first-order chi connectivity index (χ1) is 14.9. The van der Waals surface area contributed by atoms with Gasteiger partial charge in [0, 0.05) is 26.1 Å². The van der Waals surface area contributed by atoms with Gasteiger partial charge in [-0.2, -0.15) is 15.0 Å². The summed E-state index contributed by atoms with van der Waals surface area (Å²) in [6.07, 6.45) is 3.78. The van der Waals surface area contributed by atoms with Gasteiger partial charge < -0.3 is 14.5 Å². The van der Waals surface area contributed by atoms with Crippen molar-refractivity contribution in [3.63, 3.8) is 0 Å². The third kappa shape index (κ3) is 3.72. The molecule has 0 spiro atoms. The van der Waals surface area contributed by atoms with E-state index in [4.69, 9.17) is 4.74 Å². The van der Waals surface area contributed by atoms with Crippen LogP contribution >= 0.6 is 0 Å². The van der Waals surface area contributed by atoms with E-state index in [9.17, 15) is 13.2 Å². The van der Waals surface area contributed by atoms with Crippen molar-refractivity contribution < 1.29 is 17.9 Å². The summed E-state index contributed by atoms with van der Waals surface area (Å²) in [6, 6.07) is 3.51. The normalized spacial score (nSPS) is 17.9. The van der Waals surface area contributed by atoms with Gasteiger partial charge in [0.1, 0.15) is 0 Å². The van der Waals surface area contributed by atoms with E-state index in [1.54, 1.807) is 17.0 Å². The van der Waals surface area contributed by atoms with Gasteiger partial charge in [-0.3, -0.25) is 4.79 Å². The number of amides is 1. The highest BCUT2D eigenvalue weighted by Gasteiger charge is 2.33. The third-order valence-corrected chi connectivity index (χ3v) is 7.36. The highest BCUT2D eigenvalue weighted by Crippen LogP contribution is 2.38. The number of hydrogen-bond donors (Lipinski definition) is 1. The quantitative estimate of drug-likeness (QED) is 0.695. The lowest BCUT2D eigenvalue weighted by Gasteiger charge is -2.25. The van der Waals surface area contributed by atoms with Crippen LogP contribution in [0.3, 0.4) is 0 Å². The Morgan fingerprint density at radius 1 is 1.03 bits per heavy atom. The molecule has 164 valence electrons. The Labute approximate surface area is 180 Å². The Bertz CT molecular complexity index is 1150. The maximum Gasteiger partial charge on any atom is 0.321 e. The average molecular weight is 445 g/mol. The fourth-order valence-electron chi connectivity index (χ4n) is 4.44. The smallest absolute Gasteiger partial charge is 0.321 e. The monoisotopic (exact) mass is 444 g/mol. The Morgan fingerprint density at radius 3 is 2.52 bits per heavy atom. The lowest BCUT2D eigenvalue weighted by atomic mass is 10.00. The molecule has 0 atom stereocenters. The lowest BCUT2D eigenvalue weighted by molar-refractivity contribution is -0.118. The summed E-state index contributed by atoms with van der Waals surface area (Å²) in [7, 11) is -2.31. The molecule has 0 radical (unpaired) electrons. The third-order valence-electron chi connectivity index (χ3n) is 5.98. The number of nitrogens with zero attached hydrogens (tertiary/aromatic N) is 5. The number of carbonyl (C=O) groups is 1. The Balaban J connectivity index is 1.39. The van der Waals surface area contributed by atoms with E-state index >= 15 is 0 Å². The molecular weight excluding hydrogens is 420 g/mol. The number of aromatic nitrogens is 3. The molecule has 11 heteroatoms. The van der Waals surface area contributed by atoms with Crippen LogP contribution in [0.15, 0.2) is 17.0 Å². The molecule has 2 aromatic rings. The predicted octanol–water partition coefficient (Wildman–Crippen LogP) is 0.794. The number of aryl methyl sites for hydroxylation is 1. The van der Waals surface area contributed by atoms with Gasteiger partial charge in [0.25, 0.3) is 0 Å². The summed E-state index contributed by atoms with van der Waals surface area (Å²) in [5.74, 6) is 0.916. The molecule has 1 aromatic heterocycles. The lowest BCUT2D eigenvalue weighted by Crippen LogP contribution is -2.33. The molecule has 31 heavy (non-hydrogen) atoms. The van der Waals surface area contributed by atoms with Crippen molar-refractivity contribution in [2.45, 2.75) is 43.5 Å². The van der Waals surface area contributed by atoms with Crippen molar-refractivity contribution in [2.75, 3.05) is 36.5 Å². The van der Waals surface area contributed by atoms with Crippen molar-refractivity contribution in [3.8, 4) is 6.01 Å². The van der Waals surface area contributed by atoms with Crippen LogP contribution in [0.1, 0.15) is 36.2 Å². The molecule has 3 aliphatic rings. The van der Waals surface area contributed by atoms with Crippen molar-refractivity contribution >= 4 is 27.6 Å². The average Bonchev–Trinajstić information content (AvgIpc) is 3.46. The number of rotatable bonds is 6. The zero-order valence-electron chi connectivity index (χ0n) is 17.3. The second-order valence-electron chi connectivity index (χ2n) is 7.94. The van der Waals surface area contributed by atoms with E-state index < -0.39 is 10.0 Å². The number of nitrogens with one attached hydrogen (secondary N) is 1. The molecule has 1 saturated heterocycles. The minimum atomic E-state index is -3.78. The summed E-state index contributed by atoms with van der Waals surface area (Å²) < 4.78 is 33.8. The molecule has 0 unspecified atom stereocenters. The molecule has 1 aromatic carbocycles. The zero-order valence-corrected chi connectivity index (χ0v) is 18.1. The highest BCUT2D eigenvalue weighted by molar-refractivity contribution is 7.89. The summed E-state index contributed by atoms with van der Waals surface area (Å²) in [6.45, 7) is 2.26. The van der Waals surface area contributed by atoms with Crippen molar-refractivity contribution in [1.82, 2.24) is 19.7 Å². The van der Waals surface area contributed by atoms with Crippen LogP contribution < -0.4 is 19.3 Å². The van der Waals surface area contributed by atoms with Crippen molar-refractivity contribution in [3.05, 3.63) is 29.1 Å². The van der Waals surface area contributed by atoms with Crippen LogP contribution in [0, 0.1) is 0 Å². The number of sulfonamides is 1. The summed E-state index contributed by atoms with van der Waals surface area (Å²) in [4.78, 5) is 29.0. The molecule has 1 N–H and O–H groups in total. The first kappa shape index (κ1) is 20.1. The number of ether oxygens (including phenoxy) is 1. The second-order valence-corrected chi connectivity index (χ2v) is 9.71. The van der Waals surface area contributed by atoms with E-state index in [0.717, 1.165) is 42.7 Å². The van der Waals surface area contributed by atoms with Gasteiger partial charge in [0.15, 0.2) is 5.82 Å². The fourth-order valence-corrected chi connectivity index (χ4v) is 5.52. The van der Waals surface area contributed by atoms with Crippen LogP contribution in [0.5, 0.6) is 6.01 Å². The number of anilines is 2. The molecule has 10 nitrogen and oxygen atoms in total. The van der Waals surface area contributed by atoms with Gasteiger partial charge in [-0.25, -0.2) is 13.1 Å². The SMILES string of the molecule is COc1nc(CNS(=O)(=O)c2cc3c4c(c2)CCN4C(=O)CC3)nc(N2CCCC2)n1. The molecular formula is C20H24N6O4S. The molecule has 3 aliphatic heterocycles. The van der Waals surface area contributed by atoms with Crippen molar-refractivity contribution in [1.29, 1.82) is 0 Å². The van der Waals surface area contributed by atoms with E-state index in [2.05, 4.69) is 19.7 Å². The van der Waals surface area contributed by atoms with E-state index in [-0.39, 0.29) is 23.4 Å². The van der Waals surface area contributed by atoms with Crippen LogP contribution in [-0.4, -0.2) is 56.0 Å². The van der Waals surface area contributed by atoms with E-state index in [1.807, 2.05) is 4.90 Å². The molecule has 4 heterocycles. The zero-order chi connectivity index (χ0) is 21.6. The van der Waals surface area contributed by atoms with Crippen molar-refractivity contribution in [2.24, 2.45) is 0 Å².